The van der Waals surface area contributed by atoms with Gasteiger partial charge in [-0.1, -0.05) is 39.8 Å². The van der Waals surface area contributed by atoms with Crippen molar-refractivity contribution in [3.05, 3.63) is 39.7 Å². The summed E-state index contributed by atoms with van der Waals surface area (Å²) in [5.41, 5.74) is 5.82. The molecule has 5 nitrogen and oxygen atoms in total. The molecule has 5 rings (SSSR count). The number of piperidine rings is 1. The molecule has 2 saturated heterocycles. The van der Waals surface area contributed by atoms with Crippen LogP contribution < -0.4 is 0 Å². The molecule has 2 aromatic rings. The second kappa shape index (κ2) is 9.36. The van der Waals surface area contributed by atoms with Gasteiger partial charge in [-0.05, 0) is 66.8 Å². The van der Waals surface area contributed by atoms with Crippen LogP contribution in [0.1, 0.15) is 75.4 Å². The van der Waals surface area contributed by atoms with E-state index in [-0.39, 0.29) is 16.7 Å². The fourth-order valence-electron chi connectivity index (χ4n) is 5.80. The predicted molar refractivity (Wildman–Crippen MR) is 139 cm³/mol. The zero-order valence-electron chi connectivity index (χ0n) is 21.2. The van der Waals surface area contributed by atoms with Gasteiger partial charge in [0.2, 0.25) is 5.91 Å². The topological polar surface area (TPSA) is 45.7 Å². The Kier molecular flexibility index (Phi) is 6.60. The minimum atomic E-state index is 0.213. The van der Waals surface area contributed by atoms with Crippen LogP contribution in [0.15, 0.2) is 23.6 Å². The van der Waals surface area contributed by atoms with Gasteiger partial charge in [-0.2, -0.15) is 0 Å². The van der Waals surface area contributed by atoms with Crippen molar-refractivity contribution in [1.29, 1.82) is 0 Å². The summed E-state index contributed by atoms with van der Waals surface area (Å²) >= 11 is 1.81. The van der Waals surface area contributed by atoms with E-state index in [4.69, 9.17) is 9.72 Å². The van der Waals surface area contributed by atoms with Gasteiger partial charge in [0.1, 0.15) is 0 Å². The lowest BCUT2D eigenvalue weighted by atomic mass is 9.63. The maximum atomic E-state index is 12.6. The molecule has 3 heterocycles. The average molecular weight is 482 g/mol. The number of rotatable bonds is 4. The number of morpholine rings is 1. The van der Waals surface area contributed by atoms with Gasteiger partial charge in [-0.3, -0.25) is 9.69 Å². The van der Waals surface area contributed by atoms with Gasteiger partial charge in [-0.25, -0.2) is 4.98 Å². The quantitative estimate of drug-likeness (QED) is 0.602. The standard InChI is InChI=1S/C28H39N3O2S/c1-27(2)9-10-28(3,4)23-17-21(5-6-22(23)27)24-19-34-26(29-24)20-7-11-30(12-8-20)18-25(32)31-13-15-33-16-14-31/h5-6,17,19-20H,7-16,18H2,1-4H3. The van der Waals surface area contributed by atoms with E-state index in [1.165, 1.54) is 34.5 Å². The number of hydrogen-bond donors (Lipinski definition) is 0. The summed E-state index contributed by atoms with van der Waals surface area (Å²) in [7, 11) is 0. The van der Waals surface area contributed by atoms with Gasteiger partial charge < -0.3 is 9.64 Å². The summed E-state index contributed by atoms with van der Waals surface area (Å²) in [6.07, 6.45) is 4.62. The summed E-state index contributed by atoms with van der Waals surface area (Å²) in [6.45, 7) is 14.8. The smallest absolute Gasteiger partial charge is 0.236 e. The SMILES string of the molecule is CC1(C)CCC(C)(C)c2cc(-c3csc(C4CCN(CC(=O)N5CCOCC5)CC4)n3)ccc21. The third-order valence-electron chi connectivity index (χ3n) is 8.33. The van der Waals surface area contributed by atoms with Crippen molar-refractivity contribution in [2.75, 3.05) is 45.9 Å². The number of carbonyl (C=O) groups is 1. The average Bonchev–Trinajstić information content (AvgIpc) is 3.33. The lowest BCUT2D eigenvalue weighted by Gasteiger charge is -2.42. The van der Waals surface area contributed by atoms with Crippen molar-refractivity contribution < 1.29 is 9.53 Å². The van der Waals surface area contributed by atoms with Crippen LogP contribution in [-0.4, -0.2) is 66.6 Å². The van der Waals surface area contributed by atoms with Gasteiger partial charge in [0, 0.05) is 30.0 Å². The Labute approximate surface area is 208 Å². The fraction of sp³-hybridized carbons (Fsp3) is 0.643. The van der Waals surface area contributed by atoms with Crippen molar-refractivity contribution in [2.24, 2.45) is 0 Å². The van der Waals surface area contributed by atoms with Crippen LogP contribution in [0.2, 0.25) is 0 Å². The molecular weight excluding hydrogens is 442 g/mol. The first kappa shape index (κ1) is 24.0. The maximum absolute atomic E-state index is 12.6. The van der Waals surface area contributed by atoms with Crippen molar-refractivity contribution in [3.63, 3.8) is 0 Å². The Morgan fingerprint density at radius 1 is 1.03 bits per heavy atom. The molecule has 6 heteroatoms. The molecule has 184 valence electrons. The summed E-state index contributed by atoms with van der Waals surface area (Å²) < 4.78 is 5.37. The zero-order valence-corrected chi connectivity index (χ0v) is 22.0. The highest BCUT2D eigenvalue weighted by Crippen LogP contribution is 2.47. The predicted octanol–water partition coefficient (Wildman–Crippen LogP) is 5.20. The molecule has 3 aliphatic rings. The largest absolute Gasteiger partial charge is 0.378 e. The van der Waals surface area contributed by atoms with Gasteiger partial charge in [0.15, 0.2) is 0 Å². The van der Waals surface area contributed by atoms with E-state index < -0.39 is 0 Å². The number of likely N-dealkylation sites (tertiary alicyclic amines) is 1. The van der Waals surface area contributed by atoms with E-state index in [1.807, 2.05) is 16.2 Å². The molecule has 0 N–H and O–H groups in total. The molecule has 1 amide bonds. The summed E-state index contributed by atoms with van der Waals surface area (Å²) in [6, 6.07) is 7.05. The number of carbonyl (C=O) groups excluding carboxylic acids is 1. The van der Waals surface area contributed by atoms with Crippen molar-refractivity contribution in [2.45, 2.75) is 70.1 Å². The molecule has 1 aromatic heterocycles. The molecule has 34 heavy (non-hydrogen) atoms. The third kappa shape index (κ3) is 4.82. The highest BCUT2D eigenvalue weighted by Gasteiger charge is 2.37. The number of fused-ring (bicyclic) bond motifs is 1. The van der Waals surface area contributed by atoms with E-state index >= 15 is 0 Å². The molecule has 0 unspecified atom stereocenters. The van der Waals surface area contributed by atoms with Crippen molar-refractivity contribution in [3.8, 4) is 11.3 Å². The van der Waals surface area contributed by atoms with Crippen molar-refractivity contribution in [1.82, 2.24) is 14.8 Å². The summed E-state index contributed by atoms with van der Waals surface area (Å²) in [5.74, 6) is 0.748. The van der Waals surface area contributed by atoms with Gasteiger partial charge in [0.05, 0.1) is 30.5 Å². The van der Waals surface area contributed by atoms with Gasteiger partial charge in [-0.15, -0.1) is 11.3 Å². The van der Waals surface area contributed by atoms with E-state index in [0.717, 1.165) is 44.7 Å². The lowest BCUT2D eigenvalue weighted by molar-refractivity contribution is -0.136. The Hall–Kier alpha value is -1.76. The van der Waals surface area contributed by atoms with Crippen LogP contribution in [0.3, 0.4) is 0 Å². The van der Waals surface area contributed by atoms with Crippen LogP contribution in [0.5, 0.6) is 0 Å². The Bertz CT molecular complexity index is 1030. The lowest BCUT2D eigenvalue weighted by Crippen LogP contribution is -2.47. The zero-order chi connectivity index (χ0) is 23.9. The molecule has 0 radical (unpaired) electrons. The van der Waals surface area contributed by atoms with Crippen LogP contribution in [0, 0.1) is 0 Å². The minimum absolute atomic E-state index is 0.213. The maximum Gasteiger partial charge on any atom is 0.236 e. The fourth-order valence-corrected chi connectivity index (χ4v) is 6.80. The van der Waals surface area contributed by atoms with Crippen molar-refractivity contribution >= 4 is 17.2 Å². The highest BCUT2D eigenvalue weighted by molar-refractivity contribution is 7.10. The van der Waals surface area contributed by atoms with E-state index in [0.29, 0.717) is 25.7 Å². The number of nitrogens with zero attached hydrogens (tertiary/aromatic N) is 3. The van der Waals surface area contributed by atoms with Crippen LogP contribution >= 0.6 is 11.3 Å². The number of amides is 1. The molecule has 2 fully saturated rings. The second-order valence-corrected chi connectivity index (χ2v) is 12.5. The van der Waals surface area contributed by atoms with Crippen LogP contribution in [0.4, 0.5) is 0 Å². The first-order valence-electron chi connectivity index (χ1n) is 12.9. The van der Waals surface area contributed by atoms with Crippen LogP contribution in [0.25, 0.3) is 11.3 Å². The molecular formula is C28H39N3O2S. The number of ether oxygens (including phenoxy) is 1. The number of aromatic nitrogens is 1. The first-order chi connectivity index (χ1) is 16.2. The minimum Gasteiger partial charge on any atom is -0.378 e. The Morgan fingerprint density at radius 3 is 2.41 bits per heavy atom. The monoisotopic (exact) mass is 481 g/mol. The second-order valence-electron chi connectivity index (χ2n) is 11.6. The summed E-state index contributed by atoms with van der Waals surface area (Å²) in [5, 5.41) is 3.50. The molecule has 0 bridgehead atoms. The molecule has 0 atom stereocenters. The molecule has 2 aliphatic heterocycles. The van der Waals surface area contributed by atoms with E-state index in [9.17, 15) is 4.79 Å². The first-order valence-corrected chi connectivity index (χ1v) is 13.8. The Morgan fingerprint density at radius 2 is 1.71 bits per heavy atom. The molecule has 1 aliphatic carbocycles. The van der Waals surface area contributed by atoms with Gasteiger partial charge >= 0.3 is 0 Å². The molecule has 1 aromatic carbocycles. The number of benzene rings is 1. The number of hydrogen-bond acceptors (Lipinski definition) is 5. The number of thiazole rings is 1. The van der Waals surface area contributed by atoms with E-state index in [2.05, 4.69) is 56.2 Å². The van der Waals surface area contributed by atoms with Gasteiger partial charge in [0.25, 0.3) is 0 Å². The van der Waals surface area contributed by atoms with E-state index in [1.54, 1.807) is 0 Å². The van der Waals surface area contributed by atoms with Crippen LogP contribution in [-0.2, 0) is 20.4 Å². The normalized spacial score (nSPS) is 23.0. The molecule has 0 spiro atoms. The molecule has 0 saturated carbocycles. The Balaban J connectivity index is 1.23. The third-order valence-corrected chi connectivity index (χ3v) is 9.34. The highest BCUT2D eigenvalue weighted by atomic mass is 32.1. The summed E-state index contributed by atoms with van der Waals surface area (Å²) in [4.78, 5) is 22.0.